The van der Waals surface area contributed by atoms with Crippen molar-refractivity contribution in [2.24, 2.45) is 0 Å². The van der Waals surface area contributed by atoms with Crippen LogP contribution in [0.1, 0.15) is 11.3 Å². The van der Waals surface area contributed by atoms with E-state index >= 15 is 0 Å². The third-order valence-corrected chi connectivity index (χ3v) is 3.90. The summed E-state index contributed by atoms with van der Waals surface area (Å²) >= 11 is 0. The van der Waals surface area contributed by atoms with E-state index in [1.54, 1.807) is 0 Å². The van der Waals surface area contributed by atoms with E-state index in [0.29, 0.717) is 5.56 Å². The molecule has 1 N–H and O–H groups in total. The second kappa shape index (κ2) is 7.43. The molecule has 4 rings (SSSR count). The van der Waals surface area contributed by atoms with Crippen molar-refractivity contribution in [2.75, 3.05) is 0 Å². The van der Waals surface area contributed by atoms with Crippen molar-refractivity contribution >= 4 is 0 Å². The molecule has 0 atom stereocenters. The lowest BCUT2D eigenvalue weighted by atomic mass is 10.1. The van der Waals surface area contributed by atoms with Crippen LogP contribution >= 0.6 is 0 Å². The fraction of sp³-hybridized carbons (Fsp3) is 0.167. The number of nitriles is 1. The first-order valence-electron chi connectivity index (χ1n) is 8.26. The number of halogens is 4. The Balaban J connectivity index is 1.58. The summed E-state index contributed by atoms with van der Waals surface area (Å²) in [6, 6.07) is 9.81. The van der Waals surface area contributed by atoms with Gasteiger partial charge in [0.15, 0.2) is 17.2 Å². The molecule has 2 heterocycles. The van der Waals surface area contributed by atoms with Gasteiger partial charge >= 0.3 is 12.9 Å². The zero-order chi connectivity index (χ0) is 21.3. The monoisotopic (exact) mass is 422 g/mol. The molecule has 0 unspecified atom stereocenters. The summed E-state index contributed by atoms with van der Waals surface area (Å²) in [5, 5.41) is 18.9. The molecule has 0 saturated heterocycles. The van der Waals surface area contributed by atoms with Crippen LogP contribution in [0.3, 0.4) is 0 Å². The van der Waals surface area contributed by atoms with E-state index in [0.717, 1.165) is 0 Å². The molecule has 1 aromatic heterocycles. The first-order valence-corrected chi connectivity index (χ1v) is 8.26. The highest BCUT2D eigenvalue weighted by Crippen LogP contribution is 2.41. The highest BCUT2D eigenvalue weighted by atomic mass is 19.3. The Morgan fingerprint density at radius 3 is 2.60 bits per heavy atom. The van der Waals surface area contributed by atoms with Gasteiger partial charge in [0.25, 0.3) is 0 Å². The summed E-state index contributed by atoms with van der Waals surface area (Å²) < 4.78 is 70.3. The van der Waals surface area contributed by atoms with Crippen LogP contribution < -0.4 is 18.9 Å². The maximum atomic E-state index is 13.1. The van der Waals surface area contributed by atoms with Crippen molar-refractivity contribution in [2.45, 2.75) is 19.5 Å². The number of H-pyrrole nitrogens is 1. The smallest absolute Gasteiger partial charge is 0.489 e. The predicted octanol–water partition coefficient (Wildman–Crippen LogP) is 3.85. The number of nitrogens with one attached hydrogen (secondary N) is 1. The second-order valence-corrected chi connectivity index (χ2v) is 5.94. The van der Waals surface area contributed by atoms with Crippen molar-refractivity contribution in [3.05, 3.63) is 47.7 Å². The average Bonchev–Trinajstić information content (AvgIpc) is 3.27. The van der Waals surface area contributed by atoms with Gasteiger partial charge < -0.3 is 18.9 Å². The Morgan fingerprint density at radius 2 is 1.83 bits per heavy atom. The Kier molecular flexibility index (Phi) is 4.78. The van der Waals surface area contributed by atoms with Gasteiger partial charge in [-0.05, 0) is 29.8 Å². The van der Waals surface area contributed by atoms with Gasteiger partial charge in [-0.15, -0.1) is 13.9 Å². The normalized spacial score (nSPS) is 13.9. The fourth-order valence-corrected chi connectivity index (χ4v) is 2.72. The highest BCUT2D eigenvalue weighted by molar-refractivity contribution is 5.67. The zero-order valence-corrected chi connectivity index (χ0v) is 14.7. The van der Waals surface area contributed by atoms with Crippen LogP contribution in [0, 0.1) is 11.3 Å². The van der Waals surface area contributed by atoms with Crippen LogP contribution in [0.15, 0.2) is 36.4 Å². The van der Waals surface area contributed by atoms with E-state index in [1.807, 2.05) is 6.07 Å². The third-order valence-electron chi connectivity index (χ3n) is 3.90. The van der Waals surface area contributed by atoms with E-state index in [-0.39, 0.29) is 46.6 Å². The van der Waals surface area contributed by atoms with E-state index < -0.39 is 12.9 Å². The summed E-state index contributed by atoms with van der Waals surface area (Å²) in [5.74, 6) is -0.390. The zero-order valence-electron chi connectivity index (χ0n) is 14.7. The number of nitrogens with zero attached hydrogens (tertiary/aromatic N) is 3. The number of hydrogen-bond donors (Lipinski definition) is 1. The van der Waals surface area contributed by atoms with Crippen LogP contribution in [0.25, 0.3) is 11.3 Å². The lowest BCUT2D eigenvalue weighted by molar-refractivity contribution is -0.286. The van der Waals surface area contributed by atoms with Crippen molar-refractivity contribution in [1.82, 2.24) is 15.4 Å². The van der Waals surface area contributed by atoms with E-state index in [9.17, 15) is 17.6 Å². The van der Waals surface area contributed by atoms with Gasteiger partial charge in [-0.2, -0.15) is 24.4 Å². The Morgan fingerprint density at radius 1 is 1.07 bits per heavy atom. The molecule has 0 radical (unpaired) electrons. The van der Waals surface area contributed by atoms with Gasteiger partial charge in [-0.3, -0.25) is 0 Å². The first kappa shape index (κ1) is 19.3. The number of fused-ring (bicyclic) bond motifs is 1. The van der Waals surface area contributed by atoms with Crippen LogP contribution in [0.4, 0.5) is 17.6 Å². The molecule has 30 heavy (non-hydrogen) atoms. The molecule has 12 heteroatoms. The van der Waals surface area contributed by atoms with Crippen molar-refractivity contribution in [1.29, 1.82) is 5.26 Å². The average molecular weight is 422 g/mol. The van der Waals surface area contributed by atoms with Crippen molar-refractivity contribution in [3.63, 3.8) is 0 Å². The number of ether oxygens (including phenoxy) is 4. The van der Waals surface area contributed by atoms with Crippen LogP contribution in [-0.4, -0.2) is 28.3 Å². The van der Waals surface area contributed by atoms with Crippen molar-refractivity contribution < 1.29 is 36.5 Å². The summed E-state index contributed by atoms with van der Waals surface area (Å²) in [6.07, 6.45) is -3.74. The second-order valence-electron chi connectivity index (χ2n) is 5.94. The molecular formula is C18H10F4N4O4. The van der Waals surface area contributed by atoms with Gasteiger partial charge in [-0.25, -0.2) is 0 Å². The summed E-state index contributed by atoms with van der Waals surface area (Å²) in [6.45, 7) is -3.19. The predicted molar refractivity (Wildman–Crippen MR) is 90.1 cm³/mol. The summed E-state index contributed by atoms with van der Waals surface area (Å²) in [5.41, 5.74) is 0.772. The third kappa shape index (κ3) is 4.04. The number of rotatable bonds is 6. The van der Waals surface area contributed by atoms with Crippen LogP contribution in [0.2, 0.25) is 0 Å². The molecule has 0 amide bonds. The number of alkyl halides is 4. The topological polar surface area (TPSA) is 102 Å². The molecule has 0 spiro atoms. The molecule has 2 aromatic carbocycles. The van der Waals surface area contributed by atoms with Crippen molar-refractivity contribution in [3.8, 4) is 40.3 Å². The van der Waals surface area contributed by atoms with E-state index in [4.69, 9.17) is 10.00 Å². The molecule has 0 saturated carbocycles. The van der Waals surface area contributed by atoms with Gasteiger partial charge in [0.05, 0.1) is 0 Å². The molecular weight excluding hydrogens is 412 g/mol. The van der Waals surface area contributed by atoms with E-state index in [2.05, 4.69) is 29.6 Å². The minimum Gasteiger partial charge on any atom is -0.489 e. The standard InChI is InChI=1S/C18H10F4N4O4/c19-17(20)28-12-5-10(16-13(7-23)24-26-25-16)4-11(6-12)27-8-9-1-2-14-15(3-9)30-18(21,22)29-14/h1-6,17H,8H2,(H,24,25,26). The Bertz CT molecular complexity index is 1130. The molecule has 0 bridgehead atoms. The minimum absolute atomic E-state index is 0.0492. The van der Waals surface area contributed by atoms with Gasteiger partial charge in [0, 0.05) is 11.6 Å². The summed E-state index contributed by atoms with van der Waals surface area (Å²) in [4.78, 5) is 0. The number of hydrogen-bond acceptors (Lipinski definition) is 7. The van der Waals surface area contributed by atoms with Crippen LogP contribution in [-0.2, 0) is 6.61 Å². The number of aromatic amines is 1. The maximum Gasteiger partial charge on any atom is 0.586 e. The number of aromatic nitrogens is 3. The largest absolute Gasteiger partial charge is 0.586 e. The Hall–Kier alpha value is -4.01. The molecule has 3 aromatic rings. The summed E-state index contributed by atoms with van der Waals surface area (Å²) in [7, 11) is 0. The minimum atomic E-state index is -3.74. The molecule has 1 aliphatic heterocycles. The fourth-order valence-electron chi connectivity index (χ4n) is 2.72. The lowest BCUT2D eigenvalue weighted by Gasteiger charge is -2.11. The quantitative estimate of drug-likeness (QED) is 0.602. The van der Waals surface area contributed by atoms with Gasteiger partial charge in [0.2, 0.25) is 0 Å². The number of benzene rings is 2. The molecule has 0 fully saturated rings. The first-order chi connectivity index (χ1) is 14.3. The maximum absolute atomic E-state index is 13.1. The highest BCUT2D eigenvalue weighted by Gasteiger charge is 2.43. The van der Waals surface area contributed by atoms with Crippen LogP contribution in [0.5, 0.6) is 23.0 Å². The molecule has 154 valence electrons. The molecule has 0 aliphatic carbocycles. The van der Waals surface area contributed by atoms with Gasteiger partial charge in [0.1, 0.15) is 29.9 Å². The lowest BCUT2D eigenvalue weighted by Crippen LogP contribution is -2.25. The van der Waals surface area contributed by atoms with Gasteiger partial charge in [-0.1, -0.05) is 6.07 Å². The van der Waals surface area contributed by atoms with E-state index in [1.165, 1.54) is 36.4 Å². The molecule has 1 aliphatic rings. The molecule has 8 nitrogen and oxygen atoms in total. The SMILES string of the molecule is N#Cc1n[nH]nc1-c1cc(OCc2ccc3c(c2)OC(F)(F)O3)cc(OC(F)F)c1. The Labute approximate surface area is 165 Å².